The normalized spacial score (nSPS) is 18.2. The summed E-state index contributed by atoms with van der Waals surface area (Å²) in [6, 6.07) is 8.64. The van der Waals surface area contributed by atoms with Crippen molar-refractivity contribution < 1.29 is 9.53 Å². The zero-order valence-electron chi connectivity index (χ0n) is 14.1. The van der Waals surface area contributed by atoms with E-state index in [1.807, 2.05) is 38.1 Å². The zero-order valence-corrected chi connectivity index (χ0v) is 14.1. The molecule has 1 amide bonds. The molecule has 1 saturated heterocycles. The van der Waals surface area contributed by atoms with Gasteiger partial charge in [-0.3, -0.25) is 4.79 Å². The maximum Gasteiger partial charge on any atom is 0.260 e. The lowest BCUT2D eigenvalue weighted by Gasteiger charge is -2.35. The van der Waals surface area contributed by atoms with Crippen LogP contribution in [0.5, 0.6) is 5.75 Å². The Balaban J connectivity index is 1.81. The third kappa shape index (κ3) is 4.47. The van der Waals surface area contributed by atoms with E-state index >= 15 is 0 Å². The van der Waals surface area contributed by atoms with Crippen molar-refractivity contribution in [3.8, 4) is 5.75 Å². The maximum absolute atomic E-state index is 12.3. The number of para-hydroxylation sites is 1. The zero-order chi connectivity index (χ0) is 16.1. The van der Waals surface area contributed by atoms with E-state index in [-0.39, 0.29) is 11.9 Å². The molecule has 1 aliphatic heterocycles. The molecule has 2 rings (SSSR count). The number of nitrogens with zero attached hydrogens (tertiary/aromatic N) is 1. The third-order valence-corrected chi connectivity index (χ3v) is 4.37. The van der Waals surface area contributed by atoms with Crippen molar-refractivity contribution in [1.29, 1.82) is 0 Å². The molecule has 4 nitrogen and oxygen atoms in total. The van der Waals surface area contributed by atoms with Crippen molar-refractivity contribution in [3.05, 3.63) is 29.8 Å². The molecule has 1 aromatic rings. The van der Waals surface area contributed by atoms with Crippen molar-refractivity contribution in [2.24, 2.45) is 0 Å². The van der Waals surface area contributed by atoms with Crippen LogP contribution in [-0.4, -0.2) is 42.1 Å². The van der Waals surface area contributed by atoms with Crippen LogP contribution in [0.2, 0.25) is 0 Å². The average molecular weight is 304 g/mol. The van der Waals surface area contributed by atoms with Crippen molar-refractivity contribution >= 4 is 5.91 Å². The first-order valence-electron chi connectivity index (χ1n) is 8.24. The van der Waals surface area contributed by atoms with Crippen LogP contribution in [0.1, 0.15) is 39.2 Å². The van der Waals surface area contributed by atoms with Gasteiger partial charge in [0.1, 0.15) is 5.75 Å². The Morgan fingerprint density at radius 3 is 2.45 bits per heavy atom. The molecule has 0 aromatic heterocycles. The van der Waals surface area contributed by atoms with Gasteiger partial charge in [-0.25, -0.2) is 0 Å². The van der Waals surface area contributed by atoms with Gasteiger partial charge in [0.25, 0.3) is 5.91 Å². The monoisotopic (exact) mass is 304 g/mol. The Kier molecular flexibility index (Phi) is 5.83. The van der Waals surface area contributed by atoms with Gasteiger partial charge in [0.15, 0.2) is 6.10 Å². The Hall–Kier alpha value is -1.55. The molecule has 0 radical (unpaired) electrons. The summed E-state index contributed by atoms with van der Waals surface area (Å²) in [7, 11) is 0. The molecule has 1 atom stereocenters. The maximum atomic E-state index is 12.3. The number of aryl methyl sites for hydroxylation is 1. The predicted octanol–water partition coefficient (Wildman–Crippen LogP) is 2.75. The molecule has 122 valence electrons. The number of ether oxygens (including phenoxy) is 1. The predicted molar refractivity (Wildman–Crippen MR) is 89.1 cm³/mol. The van der Waals surface area contributed by atoms with E-state index in [4.69, 9.17) is 4.74 Å². The van der Waals surface area contributed by atoms with Crippen molar-refractivity contribution in [2.75, 3.05) is 13.1 Å². The van der Waals surface area contributed by atoms with E-state index in [0.29, 0.717) is 6.04 Å². The van der Waals surface area contributed by atoms with E-state index in [9.17, 15) is 4.79 Å². The number of rotatable bonds is 5. The minimum absolute atomic E-state index is 0.0220. The van der Waals surface area contributed by atoms with Crippen LogP contribution in [0.3, 0.4) is 0 Å². The number of hydrogen-bond donors (Lipinski definition) is 1. The van der Waals surface area contributed by atoms with Crippen LogP contribution >= 0.6 is 0 Å². The summed E-state index contributed by atoms with van der Waals surface area (Å²) in [6.07, 6.45) is 1.56. The Labute approximate surface area is 133 Å². The van der Waals surface area contributed by atoms with E-state index < -0.39 is 6.10 Å². The van der Waals surface area contributed by atoms with Crippen LogP contribution in [0.25, 0.3) is 0 Å². The molecule has 0 aliphatic carbocycles. The van der Waals surface area contributed by atoms with Gasteiger partial charge in [-0.1, -0.05) is 18.2 Å². The van der Waals surface area contributed by atoms with Gasteiger partial charge in [-0.05, 0) is 52.2 Å². The SMILES string of the molecule is Cc1ccccc1O[C@H](C)C(=O)NC1CCN(C(C)C)CC1. The summed E-state index contributed by atoms with van der Waals surface area (Å²) in [5.74, 6) is 0.756. The number of nitrogens with one attached hydrogen (secondary N) is 1. The fourth-order valence-electron chi connectivity index (χ4n) is 2.81. The van der Waals surface area contributed by atoms with Gasteiger partial charge in [-0.2, -0.15) is 0 Å². The Morgan fingerprint density at radius 2 is 1.86 bits per heavy atom. The van der Waals surface area contributed by atoms with Gasteiger partial charge < -0.3 is 15.0 Å². The topological polar surface area (TPSA) is 41.6 Å². The molecular formula is C18H28N2O2. The molecule has 1 fully saturated rings. The van der Waals surface area contributed by atoms with Crippen LogP contribution in [0, 0.1) is 6.92 Å². The molecule has 1 aliphatic rings. The number of benzene rings is 1. The fourth-order valence-corrected chi connectivity index (χ4v) is 2.81. The van der Waals surface area contributed by atoms with Crippen molar-refractivity contribution in [1.82, 2.24) is 10.2 Å². The van der Waals surface area contributed by atoms with Gasteiger partial charge in [0, 0.05) is 25.2 Å². The minimum atomic E-state index is -0.468. The lowest BCUT2D eigenvalue weighted by Crippen LogP contribution is -2.49. The van der Waals surface area contributed by atoms with Gasteiger partial charge in [0.2, 0.25) is 0 Å². The van der Waals surface area contributed by atoms with E-state index in [1.165, 1.54) is 0 Å². The molecule has 22 heavy (non-hydrogen) atoms. The third-order valence-electron chi connectivity index (χ3n) is 4.37. The van der Waals surface area contributed by atoms with Gasteiger partial charge in [-0.15, -0.1) is 0 Å². The molecule has 4 heteroatoms. The second-order valence-corrected chi connectivity index (χ2v) is 6.44. The number of likely N-dealkylation sites (tertiary alicyclic amines) is 1. The van der Waals surface area contributed by atoms with Crippen LogP contribution in [0.15, 0.2) is 24.3 Å². The highest BCUT2D eigenvalue weighted by atomic mass is 16.5. The molecule has 0 unspecified atom stereocenters. The highest BCUT2D eigenvalue weighted by Gasteiger charge is 2.24. The number of piperidine rings is 1. The standard InChI is InChI=1S/C18H28N2O2/c1-13(2)20-11-9-16(10-12-20)19-18(21)15(4)22-17-8-6-5-7-14(17)3/h5-8,13,15-16H,9-12H2,1-4H3,(H,19,21)/t15-/m1/s1. The lowest BCUT2D eigenvalue weighted by atomic mass is 10.0. The van der Waals surface area contributed by atoms with E-state index in [0.717, 1.165) is 37.2 Å². The second-order valence-electron chi connectivity index (χ2n) is 6.44. The number of amides is 1. The number of hydrogen-bond acceptors (Lipinski definition) is 3. The summed E-state index contributed by atoms with van der Waals surface area (Å²) in [4.78, 5) is 14.7. The first-order valence-corrected chi connectivity index (χ1v) is 8.24. The largest absolute Gasteiger partial charge is 0.481 e. The van der Waals surface area contributed by atoms with Crippen molar-refractivity contribution in [2.45, 2.75) is 58.7 Å². The van der Waals surface area contributed by atoms with E-state index in [1.54, 1.807) is 0 Å². The Bertz CT molecular complexity index is 494. The van der Waals surface area contributed by atoms with Crippen LogP contribution in [-0.2, 0) is 4.79 Å². The van der Waals surface area contributed by atoms with Gasteiger partial charge in [0.05, 0.1) is 0 Å². The summed E-state index contributed by atoms with van der Waals surface area (Å²) in [5.41, 5.74) is 1.05. The highest BCUT2D eigenvalue weighted by molar-refractivity contribution is 5.81. The summed E-state index contributed by atoms with van der Waals surface area (Å²) < 4.78 is 5.79. The summed E-state index contributed by atoms with van der Waals surface area (Å²) in [5, 5.41) is 3.13. The van der Waals surface area contributed by atoms with Crippen molar-refractivity contribution in [3.63, 3.8) is 0 Å². The molecule has 0 spiro atoms. The molecule has 1 N–H and O–H groups in total. The summed E-state index contributed by atoms with van der Waals surface area (Å²) >= 11 is 0. The van der Waals surface area contributed by atoms with Crippen LogP contribution < -0.4 is 10.1 Å². The lowest BCUT2D eigenvalue weighted by molar-refractivity contribution is -0.128. The molecule has 0 saturated carbocycles. The number of carbonyl (C=O) groups is 1. The molecular weight excluding hydrogens is 276 g/mol. The van der Waals surface area contributed by atoms with E-state index in [2.05, 4.69) is 24.1 Å². The highest BCUT2D eigenvalue weighted by Crippen LogP contribution is 2.18. The molecule has 0 bridgehead atoms. The van der Waals surface area contributed by atoms with Gasteiger partial charge >= 0.3 is 0 Å². The first-order chi connectivity index (χ1) is 10.5. The second kappa shape index (κ2) is 7.63. The minimum Gasteiger partial charge on any atom is -0.481 e. The fraction of sp³-hybridized carbons (Fsp3) is 0.611. The summed E-state index contributed by atoms with van der Waals surface area (Å²) in [6.45, 7) is 10.3. The number of carbonyl (C=O) groups excluding carboxylic acids is 1. The molecule has 1 aromatic carbocycles. The first kappa shape index (κ1) is 16.8. The Morgan fingerprint density at radius 1 is 1.23 bits per heavy atom. The quantitative estimate of drug-likeness (QED) is 0.909. The smallest absolute Gasteiger partial charge is 0.260 e. The average Bonchev–Trinajstić information content (AvgIpc) is 2.50. The van der Waals surface area contributed by atoms with Crippen LogP contribution in [0.4, 0.5) is 0 Å². The molecule has 1 heterocycles.